The number of nitrogens with zero attached hydrogens (tertiary/aromatic N) is 1. The van der Waals surface area contributed by atoms with Gasteiger partial charge in [0.05, 0.1) is 11.4 Å². The number of rotatable bonds is 8. The molecule has 1 aliphatic rings. The van der Waals surface area contributed by atoms with Crippen molar-refractivity contribution in [3.63, 3.8) is 0 Å². The number of imide groups is 1. The second-order valence-electron chi connectivity index (χ2n) is 6.98. The van der Waals surface area contributed by atoms with Gasteiger partial charge < -0.3 is 9.47 Å². The van der Waals surface area contributed by atoms with Crippen LogP contribution in [-0.2, 0) is 11.4 Å². The summed E-state index contributed by atoms with van der Waals surface area (Å²) < 4.78 is 24.5. The Morgan fingerprint density at radius 2 is 1.62 bits per heavy atom. The highest BCUT2D eigenvalue weighted by molar-refractivity contribution is 8.18. The summed E-state index contributed by atoms with van der Waals surface area (Å²) in [5.74, 6) is 0.678. The zero-order valence-electron chi connectivity index (χ0n) is 17.1. The summed E-state index contributed by atoms with van der Waals surface area (Å²) in [4.78, 5) is 26.4. The van der Waals surface area contributed by atoms with Crippen LogP contribution in [0.5, 0.6) is 11.5 Å². The Balaban J connectivity index is 1.32. The molecule has 0 N–H and O–H groups in total. The quantitative estimate of drug-likeness (QED) is 0.424. The molecule has 1 heterocycles. The van der Waals surface area contributed by atoms with E-state index in [0.29, 0.717) is 16.4 Å². The number of carbonyl (C=O) groups excluding carboxylic acids is 2. The van der Waals surface area contributed by atoms with E-state index >= 15 is 0 Å². The van der Waals surface area contributed by atoms with Crippen LogP contribution in [0.4, 0.5) is 9.18 Å². The Kier molecular flexibility index (Phi) is 6.87. The number of para-hydroxylation sites is 1. The number of carbonyl (C=O) groups is 2. The molecule has 4 rings (SSSR count). The molecule has 32 heavy (non-hydrogen) atoms. The molecular formula is C25H20FNO4S. The van der Waals surface area contributed by atoms with E-state index in [-0.39, 0.29) is 36.7 Å². The van der Waals surface area contributed by atoms with Crippen molar-refractivity contribution < 1.29 is 23.5 Å². The van der Waals surface area contributed by atoms with Crippen molar-refractivity contribution in [3.8, 4) is 11.5 Å². The number of hydrogen-bond donors (Lipinski definition) is 0. The van der Waals surface area contributed by atoms with E-state index in [2.05, 4.69) is 0 Å². The van der Waals surface area contributed by atoms with Crippen LogP contribution in [0.25, 0.3) is 6.08 Å². The molecule has 0 saturated carbocycles. The summed E-state index contributed by atoms with van der Waals surface area (Å²) in [6, 6.07) is 22.6. The monoisotopic (exact) mass is 449 g/mol. The molecule has 3 aromatic carbocycles. The first-order valence-electron chi connectivity index (χ1n) is 9.99. The number of halogens is 1. The predicted octanol–water partition coefficient (Wildman–Crippen LogP) is 5.52. The van der Waals surface area contributed by atoms with E-state index in [1.807, 2.05) is 30.3 Å². The summed E-state index contributed by atoms with van der Waals surface area (Å²) in [6.07, 6.45) is 1.68. The molecule has 0 spiro atoms. The van der Waals surface area contributed by atoms with Crippen molar-refractivity contribution in [2.45, 2.75) is 6.61 Å². The van der Waals surface area contributed by atoms with Gasteiger partial charge in [0, 0.05) is 0 Å². The first kappa shape index (κ1) is 21.6. The van der Waals surface area contributed by atoms with Gasteiger partial charge >= 0.3 is 0 Å². The lowest BCUT2D eigenvalue weighted by atomic mass is 10.2. The molecule has 1 aliphatic heterocycles. The van der Waals surface area contributed by atoms with Crippen LogP contribution in [0, 0.1) is 5.82 Å². The number of amides is 2. The average Bonchev–Trinajstić information content (AvgIpc) is 3.07. The largest absolute Gasteiger partial charge is 0.492 e. The van der Waals surface area contributed by atoms with E-state index in [4.69, 9.17) is 9.47 Å². The van der Waals surface area contributed by atoms with Gasteiger partial charge in [0.2, 0.25) is 0 Å². The van der Waals surface area contributed by atoms with Crippen LogP contribution in [0.3, 0.4) is 0 Å². The second-order valence-corrected chi connectivity index (χ2v) is 7.98. The molecule has 0 aromatic heterocycles. The van der Waals surface area contributed by atoms with Crippen molar-refractivity contribution in [2.24, 2.45) is 0 Å². The zero-order chi connectivity index (χ0) is 22.3. The highest BCUT2D eigenvalue weighted by atomic mass is 32.2. The average molecular weight is 450 g/mol. The number of thioether (sulfide) groups is 1. The molecule has 0 aliphatic carbocycles. The van der Waals surface area contributed by atoms with Crippen molar-refractivity contribution in [1.82, 2.24) is 4.90 Å². The molecule has 1 saturated heterocycles. The fourth-order valence-corrected chi connectivity index (χ4v) is 3.93. The maximum absolute atomic E-state index is 13.2. The third-order valence-corrected chi connectivity index (χ3v) is 5.58. The van der Waals surface area contributed by atoms with Crippen LogP contribution >= 0.6 is 11.8 Å². The van der Waals surface area contributed by atoms with E-state index in [0.717, 1.165) is 22.9 Å². The lowest BCUT2D eigenvalue weighted by molar-refractivity contribution is -0.123. The minimum atomic E-state index is -0.330. The smallest absolute Gasteiger partial charge is 0.293 e. The maximum atomic E-state index is 13.2. The Morgan fingerprint density at radius 3 is 2.38 bits per heavy atom. The molecular weight excluding hydrogens is 429 g/mol. The van der Waals surface area contributed by atoms with Crippen LogP contribution in [0.15, 0.2) is 83.8 Å². The topological polar surface area (TPSA) is 55.8 Å². The molecule has 7 heteroatoms. The highest BCUT2D eigenvalue weighted by Crippen LogP contribution is 2.32. The van der Waals surface area contributed by atoms with Crippen molar-refractivity contribution in [3.05, 3.63) is 101 Å². The van der Waals surface area contributed by atoms with E-state index in [9.17, 15) is 14.0 Å². The van der Waals surface area contributed by atoms with E-state index in [1.54, 1.807) is 42.5 Å². The first-order valence-corrected chi connectivity index (χ1v) is 10.8. The van der Waals surface area contributed by atoms with E-state index in [1.165, 1.54) is 17.0 Å². The van der Waals surface area contributed by atoms with Crippen LogP contribution in [-0.4, -0.2) is 29.2 Å². The fourth-order valence-electron chi connectivity index (χ4n) is 3.07. The minimum absolute atomic E-state index is 0.184. The Bertz CT molecular complexity index is 1130. The SMILES string of the molecule is O=C1S/C(=C\c2ccc(OCc3cccc(F)c3)cc2)C(=O)N1CCOc1ccccc1. The van der Waals surface area contributed by atoms with Crippen molar-refractivity contribution in [2.75, 3.05) is 13.2 Å². The highest BCUT2D eigenvalue weighted by Gasteiger charge is 2.34. The molecule has 3 aromatic rings. The normalized spacial score (nSPS) is 14.8. The Labute approximate surface area is 189 Å². The van der Waals surface area contributed by atoms with Crippen LogP contribution in [0.2, 0.25) is 0 Å². The first-order chi connectivity index (χ1) is 15.6. The van der Waals surface area contributed by atoms with E-state index < -0.39 is 0 Å². The van der Waals surface area contributed by atoms with Gasteiger partial charge in [-0.3, -0.25) is 14.5 Å². The van der Waals surface area contributed by atoms with Crippen molar-refractivity contribution in [1.29, 1.82) is 0 Å². The standard InChI is InChI=1S/C25H20FNO4S/c26-20-6-4-5-19(15-20)17-31-22-11-9-18(10-12-22)16-23-24(28)27(25(29)32-23)13-14-30-21-7-2-1-3-8-21/h1-12,15-16H,13-14,17H2/b23-16-. The van der Waals surface area contributed by atoms with Crippen LogP contribution in [0.1, 0.15) is 11.1 Å². The molecule has 162 valence electrons. The molecule has 1 fully saturated rings. The van der Waals surface area contributed by atoms with Gasteiger partial charge in [0.1, 0.15) is 30.5 Å². The van der Waals surface area contributed by atoms with Gasteiger partial charge in [0.15, 0.2) is 0 Å². The van der Waals surface area contributed by atoms with Crippen LogP contribution < -0.4 is 9.47 Å². The molecule has 0 bridgehead atoms. The van der Waals surface area contributed by atoms with Gasteiger partial charge in [-0.05, 0) is 65.4 Å². The summed E-state index contributed by atoms with van der Waals surface area (Å²) in [6.45, 7) is 0.664. The summed E-state index contributed by atoms with van der Waals surface area (Å²) >= 11 is 0.912. The van der Waals surface area contributed by atoms with Gasteiger partial charge in [-0.2, -0.15) is 0 Å². The number of hydrogen-bond acceptors (Lipinski definition) is 5. The number of benzene rings is 3. The molecule has 0 radical (unpaired) electrons. The summed E-state index contributed by atoms with van der Waals surface area (Å²) in [7, 11) is 0. The molecule has 5 nitrogen and oxygen atoms in total. The van der Waals surface area contributed by atoms with Gasteiger partial charge in [-0.15, -0.1) is 0 Å². The third-order valence-electron chi connectivity index (χ3n) is 4.67. The van der Waals surface area contributed by atoms with Gasteiger partial charge in [0.25, 0.3) is 11.1 Å². The molecule has 0 atom stereocenters. The lowest BCUT2D eigenvalue weighted by Gasteiger charge is -2.13. The summed E-state index contributed by atoms with van der Waals surface area (Å²) in [5, 5.41) is -0.312. The maximum Gasteiger partial charge on any atom is 0.293 e. The number of ether oxygens (including phenoxy) is 2. The summed E-state index contributed by atoms with van der Waals surface area (Å²) in [5.41, 5.74) is 1.51. The van der Waals surface area contributed by atoms with Gasteiger partial charge in [-0.25, -0.2) is 4.39 Å². The lowest BCUT2D eigenvalue weighted by Crippen LogP contribution is -2.32. The van der Waals surface area contributed by atoms with Crippen molar-refractivity contribution >= 4 is 29.0 Å². The predicted molar refractivity (Wildman–Crippen MR) is 122 cm³/mol. The molecule has 2 amide bonds. The fraction of sp³-hybridized carbons (Fsp3) is 0.120. The Hall–Kier alpha value is -3.58. The minimum Gasteiger partial charge on any atom is -0.492 e. The van der Waals surface area contributed by atoms with Gasteiger partial charge in [-0.1, -0.05) is 42.5 Å². The second kappa shape index (κ2) is 10.2. The Morgan fingerprint density at radius 1 is 0.875 bits per heavy atom. The third kappa shape index (κ3) is 5.56. The zero-order valence-corrected chi connectivity index (χ0v) is 17.9. The molecule has 0 unspecified atom stereocenters.